The molecule has 0 aliphatic rings. The van der Waals surface area contributed by atoms with Crippen molar-refractivity contribution in [2.75, 3.05) is 27.2 Å². The number of sulfonamides is 1. The lowest BCUT2D eigenvalue weighted by atomic mass is 10.1. The molecule has 0 saturated carbocycles. The standard InChI is InChI=1S/C18H20ClFN2O4S2/c1-22(2)18(23)11-26-16-8-3-12(9-15(16)20)17(27)10-21-28(24,25)14-6-4-13(19)5-7-14/h3-9,17,21,27H,10-11H2,1-2H3. The van der Waals surface area contributed by atoms with Crippen molar-refractivity contribution >= 4 is 40.2 Å². The number of carbonyl (C=O) groups is 1. The van der Waals surface area contributed by atoms with Crippen molar-refractivity contribution in [1.29, 1.82) is 0 Å². The number of hydrogen-bond acceptors (Lipinski definition) is 5. The summed E-state index contributed by atoms with van der Waals surface area (Å²) in [5.74, 6) is -1.03. The first-order valence-electron chi connectivity index (χ1n) is 8.16. The molecule has 0 aliphatic heterocycles. The summed E-state index contributed by atoms with van der Waals surface area (Å²) in [4.78, 5) is 12.9. The van der Waals surface area contributed by atoms with Crippen LogP contribution in [0.3, 0.4) is 0 Å². The van der Waals surface area contributed by atoms with Gasteiger partial charge in [-0.1, -0.05) is 17.7 Å². The highest BCUT2D eigenvalue weighted by Crippen LogP contribution is 2.26. The van der Waals surface area contributed by atoms with Gasteiger partial charge < -0.3 is 9.64 Å². The van der Waals surface area contributed by atoms with Crippen LogP contribution in [0.2, 0.25) is 5.02 Å². The van der Waals surface area contributed by atoms with Crippen molar-refractivity contribution in [3.63, 3.8) is 0 Å². The van der Waals surface area contributed by atoms with E-state index in [1.165, 1.54) is 41.3 Å². The average molecular weight is 447 g/mol. The van der Waals surface area contributed by atoms with Gasteiger partial charge in [0.1, 0.15) is 0 Å². The number of benzene rings is 2. The Balaban J connectivity index is 2.00. The summed E-state index contributed by atoms with van der Waals surface area (Å²) in [7, 11) is -0.600. The summed E-state index contributed by atoms with van der Waals surface area (Å²) in [5, 5.41) is -0.162. The lowest BCUT2D eigenvalue weighted by Crippen LogP contribution is -2.28. The van der Waals surface area contributed by atoms with E-state index in [-0.39, 0.29) is 29.7 Å². The number of nitrogens with one attached hydrogen (secondary N) is 1. The van der Waals surface area contributed by atoms with Gasteiger partial charge in [-0.2, -0.15) is 12.6 Å². The van der Waals surface area contributed by atoms with Gasteiger partial charge in [0.25, 0.3) is 5.91 Å². The van der Waals surface area contributed by atoms with Crippen molar-refractivity contribution in [2.45, 2.75) is 10.1 Å². The number of rotatable bonds is 8. The molecule has 1 N–H and O–H groups in total. The summed E-state index contributed by atoms with van der Waals surface area (Å²) >= 11 is 10.1. The van der Waals surface area contributed by atoms with E-state index < -0.39 is 21.1 Å². The third-order valence-corrected chi connectivity index (χ3v) is 5.95. The normalized spacial score (nSPS) is 12.5. The first-order chi connectivity index (χ1) is 13.1. The molecule has 152 valence electrons. The molecular formula is C18H20ClFN2O4S2. The zero-order valence-electron chi connectivity index (χ0n) is 15.2. The molecule has 6 nitrogen and oxygen atoms in total. The highest BCUT2D eigenvalue weighted by Gasteiger charge is 2.17. The van der Waals surface area contributed by atoms with Gasteiger partial charge in [0.2, 0.25) is 10.0 Å². The Morgan fingerprint density at radius 3 is 2.46 bits per heavy atom. The minimum absolute atomic E-state index is 0.0488. The minimum atomic E-state index is -3.74. The Morgan fingerprint density at radius 1 is 1.25 bits per heavy atom. The number of hydrogen-bond donors (Lipinski definition) is 2. The number of amides is 1. The predicted molar refractivity (Wildman–Crippen MR) is 109 cm³/mol. The summed E-state index contributed by atoms with van der Waals surface area (Å²) < 4.78 is 46.4. The molecule has 0 saturated heterocycles. The molecule has 10 heteroatoms. The zero-order valence-corrected chi connectivity index (χ0v) is 17.7. The second-order valence-corrected chi connectivity index (χ2v) is 8.92. The fourth-order valence-corrected chi connectivity index (χ4v) is 3.66. The van der Waals surface area contributed by atoms with Gasteiger partial charge in [-0.25, -0.2) is 17.5 Å². The van der Waals surface area contributed by atoms with Gasteiger partial charge >= 0.3 is 0 Å². The smallest absolute Gasteiger partial charge is 0.259 e. The van der Waals surface area contributed by atoms with Crippen molar-refractivity contribution in [3.05, 3.63) is 58.9 Å². The Hall–Kier alpha value is -1.81. The lowest BCUT2D eigenvalue weighted by molar-refractivity contribution is -0.130. The quantitative estimate of drug-likeness (QED) is 0.611. The van der Waals surface area contributed by atoms with Crippen LogP contribution in [0.5, 0.6) is 5.75 Å². The Bertz CT molecular complexity index is 937. The van der Waals surface area contributed by atoms with E-state index in [2.05, 4.69) is 17.4 Å². The molecule has 0 aliphatic carbocycles. The first-order valence-corrected chi connectivity index (χ1v) is 10.5. The minimum Gasteiger partial charge on any atom is -0.481 e. The highest BCUT2D eigenvalue weighted by molar-refractivity contribution is 7.89. The summed E-state index contributed by atoms with van der Waals surface area (Å²) in [6, 6.07) is 9.87. The molecule has 2 aromatic rings. The van der Waals surface area contributed by atoms with Crippen LogP contribution in [0.15, 0.2) is 47.4 Å². The summed E-state index contributed by atoms with van der Waals surface area (Å²) in [6.07, 6.45) is 0. The van der Waals surface area contributed by atoms with Crippen LogP contribution in [-0.4, -0.2) is 46.5 Å². The lowest BCUT2D eigenvalue weighted by Gasteiger charge is -2.15. The fraction of sp³-hybridized carbons (Fsp3) is 0.278. The number of likely N-dealkylation sites (N-methyl/N-ethyl adjacent to an activating group) is 1. The second-order valence-electron chi connectivity index (χ2n) is 6.09. The molecule has 1 amide bonds. The molecule has 1 unspecified atom stereocenters. The molecule has 0 spiro atoms. The van der Waals surface area contributed by atoms with E-state index in [0.717, 1.165) is 0 Å². The summed E-state index contributed by atoms with van der Waals surface area (Å²) in [5.41, 5.74) is 0.464. The maximum absolute atomic E-state index is 14.2. The Morgan fingerprint density at radius 2 is 1.89 bits per heavy atom. The van der Waals surface area contributed by atoms with Crippen LogP contribution in [0.4, 0.5) is 4.39 Å². The van der Waals surface area contributed by atoms with Crippen LogP contribution in [0.1, 0.15) is 10.8 Å². The number of thiol groups is 1. The molecule has 1 atom stereocenters. The highest BCUT2D eigenvalue weighted by atomic mass is 35.5. The number of halogens is 2. The van der Waals surface area contributed by atoms with Crippen molar-refractivity contribution < 1.29 is 22.3 Å². The van der Waals surface area contributed by atoms with Crippen LogP contribution < -0.4 is 9.46 Å². The first kappa shape index (κ1) is 22.5. The third kappa shape index (κ3) is 6.10. The third-order valence-electron chi connectivity index (χ3n) is 3.78. The molecule has 0 radical (unpaired) electrons. The number of carbonyl (C=O) groups excluding carboxylic acids is 1. The average Bonchev–Trinajstić information content (AvgIpc) is 2.65. The van der Waals surface area contributed by atoms with Gasteiger partial charge in [0.15, 0.2) is 18.2 Å². The monoisotopic (exact) mass is 446 g/mol. The molecular weight excluding hydrogens is 427 g/mol. The SMILES string of the molecule is CN(C)C(=O)COc1ccc(C(S)CNS(=O)(=O)c2ccc(Cl)cc2)cc1F. The molecule has 2 aromatic carbocycles. The van der Waals surface area contributed by atoms with Crippen molar-refractivity contribution in [2.24, 2.45) is 0 Å². The maximum atomic E-state index is 14.2. The molecule has 2 rings (SSSR count). The molecule has 0 aromatic heterocycles. The largest absolute Gasteiger partial charge is 0.481 e. The van der Waals surface area contributed by atoms with E-state index in [9.17, 15) is 17.6 Å². The van der Waals surface area contributed by atoms with E-state index in [4.69, 9.17) is 16.3 Å². The van der Waals surface area contributed by atoms with Gasteiger partial charge in [-0.3, -0.25) is 4.79 Å². The number of nitrogens with zero attached hydrogens (tertiary/aromatic N) is 1. The van der Waals surface area contributed by atoms with Crippen LogP contribution in [0.25, 0.3) is 0 Å². The van der Waals surface area contributed by atoms with Crippen molar-refractivity contribution in [3.8, 4) is 5.75 Å². The fourth-order valence-electron chi connectivity index (χ4n) is 2.11. The van der Waals surface area contributed by atoms with Gasteiger partial charge in [0, 0.05) is 30.9 Å². The molecule has 28 heavy (non-hydrogen) atoms. The summed E-state index contributed by atoms with van der Waals surface area (Å²) in [6.45, 7) is -0.332. The van der Waals surface area contributed by atoms with E-state index in [1.54, 1.807) is 20.2 Å². The van der Waals surface area contributed by atoms with Crippen LogP contribution >= 0.6 is 24.2 Å². The molecule has 0 bridgehead atoms. The molecule has 0 heterocycles. The predicted octanol–water partition coefficient (Wildman–Crippen LogP) is 2.90. The van der Waals surface area contributed by atoms with E-state index in [0.29, 0.717) is 10.6 Å². The van der Waals surface area contributed by atoms with E-state index in [1.807, 2.05) is 0 Å². The maximum Gasteiger partial charge on any atom is 0.259 e. The van der Waals surface area contributed by atoms with Crippen LogP contribution in [-0.2, 0) is 14.8 Å². The van der Waals surface area contributed by atoms with Gasteiger partial charge in [0.05, 0.1) is 4.90 Å². The second kappa shape index (κ2) is 9.60. The van der Waals surface area contributed by atoms with Gasteiger partial charge in [-0.05, 0) is 42.0 Å². The number of ether oxygens (including phenoxy) is 1. The Kier molecular flexibility index (Phi) is 7.70. The van der Waals surface area contributed by atoms with E-state index >= 15 is 0 Å². The van der Waals surface area contributed by atoms with Crippen LogP contribution in [0, 0.1) is 5.82 Å². The Labute approximate surface area is 174 Å². The van der Waals surface area contributed by atoms with Crippen molar-refractivity contribution in [1.82, 2.24) is 9.62 Å². The molecule has 0 fully saturated rings. The zero-order chi connectivity index (χ0) is 20.9. The topological polar surface area (TPSA) is 75.7 Å². The van der Waals surface area contributed by atoms with Gasteiger partial charge in [-0.15, -0.1) is 0 Å².